The van der Waals surface area contributed by atoms with Crippen LogP contribution >= 0.6 is 0 Å². The lowest BCUT2D eigenvalue weighted by Gasteiger charge is -2.27. The zero-order valence-electron chi connectivity index (χ0n) is 65.7. The van der Waals surface area contributed by atoms with E-state index in [9.17, 15) is 38.4 Å². The molecule has 574 valence electrons. The third-order valence-electron chi connectivity index (χ3n) is 20.4. The van der Waals surface area contributed by atoms with Crippen molar-refractivity contribution < 1.29 is 57.3 Å². The first-order valence-corrected chi connectivity index (χ1v) is 38.8. The van der Waals surface area contributed by atoms with E-state index in [4.69, 9.17) is 18.9 Å². The van der Waals surface area contributed by atoms with Crippen molar-refractivity contribution in [1.82, 2.24) is 34.3 Å². The normalized spacial score (nSPS) is 17.4. The Morgan fingerprint density at radius 1 is 0.333 bits per heavy atom. The quantitative estimate of drug-likeness (QED) is 0.0317. The molecule has 4 atom stereocenters. The summed E-state index contributed by atoms with van der Waals surface area (Å²) >= 11 is 0. The first-order chi connectivity index (χ1) is 48.8. The van der Waals surface area contributed by atoms with Crippen LogP contribution in [0.4, 0.5) is 0 Å². The number of nitrogens with zero attached hydrogens (tertiary/aromatic N) is 7. The number of ether oxygens (including phenoxy) is 4. The molecule has 0 N–H and O–H groups in total. The molecule has 4 amide bonds. The highest BCUT2D eigenvalue weighted by Crippen LogP contribution is 2.31. The standard InChI is InChI=1S/C83H135N7O12/c1-64(2)20-14-24-68-28-36-72(37-29-68)80(95)99-60-56-85(10)76(91)44-52-89(53-45-77(92)86(11)57-61-100-81(96)73-38-30-69(31-39-73)25-15-21-65(3)4)50-18-48-84(9)49-19-51-90(54-46-78(93)87(12)58-62-101-82(97)74-40-32-70(33-41-74)26-16-22-66(5)6)55-47-79(94)88(13)59-63-102-83(98)75-42-34-71(35-43-75)27-17-23-67(7)8/h20-23,28,30,32,34,72-75H,14-19,24-27,29,31,33,35-63H2,1-13H3. The molecule has 0 aliphatic heterocycles. The summed E-state index contributed by atoms with van der Waals surface area (Å²) in [5, 5.41) is 0. The van der Waals surface area contributed by atoms with Crippen molar-refractivity contribution in [2.75, 3.05) is 140 Å². The molecule has 19 heteroatoms. The molecular formula is C83H135N7O12. The van der Waals surface area contributed by atoms with Crippen molar-refractivity contribution >= 4 is 47.5 Å². The Morgan fingerprint density at radius 2 is 0.559 bits per heavy atom. The van der Waals surface area contributed by atoms with Gasteiger partial charge < -0.3 is 53.2 Å². The molecule has 0 saturated carbocycles. The lowest BCUT2D eigenvalue weighted by molar-refractivity contribution is -0.150. The molecule has 4 unspecified atom stereocenters. The molecular weight excluding hydrogens is 1290 g/mol. The van der Waals surface area contributed by atoms with Gasteiger partial charge in [-0.2, -0.15) is 0 Å². The number of allylic oxidation sites excluding steroid dienone is 16. The topological polar surface area (TPSA) is 196 Å². The second-order valence-corrected chi connectivity index (χ2v) is 30.2. The van der Waals surface area contributed by atoms with Gasteiger partial charge in [0, 0.05) is 80.1 Å². The number of likely N-dealkylation sites (N-methyl/N-ethyl adjacent to an activating group) is 4. The van der Waals surface area contributed by atoms with Crippen molar-refractivity contribution in [1.29, 1.82) is 0 Å². The van der Waals surface area contributed by atoms with Gasteiger partial charge in [0.15, 0.2) is 0 Å². The number of hydrogen-bond donors (Lipinski definition) is 0. The fourth-order valence-electron chi connectivity index (χ4n) is 13.3. The fraction of sp³-hybridized carbons (Fsp3) is 0.711. The van der Waals surface area contributed by atoms with Gasteiger partial charge in [-0.3, -0.25) is 38.4 Å². The number of esters is 4. The zero-order chi connectivity index (χ0) is 74.8. The summed E-state index contributed by atoms with van der Waals surface area (Å²) in [4.78, 5) is 120. The van der Waals surface area contributed by atoms with Crippen LogP contribution in [0.1, 0.15) is 222 Å². The van der Waals surface area contributed by atoms with Gasteiger partial charge >= 0.3 is 23.9 Å². The third-order valence-corrected chi connectivity index (χ3v) is 20.4. The maximum Gasteiger partial charge on any atom is 0.309 e. The van der Waals surface area contributed by atoms with Gasteiger partial charge in [0.05, 0.1) is 49.9 Å². The molecule has 0 aromatic heterocycles. The first-order valence-electron chi connectivity index (χ1n) is 38.8. The average molecular weight is 1420 g/mol. The number of amides is 4. The summed E-state index contributed by atoms with van der Waals surface area (Å²) in [5.74, 6) is -1.88. The van der Waals surface area contributed by atoms with Gasteiger partial charge in [-0.05, 0) is 230 Å². The van der Waals surface area contributed by atoms with Crippen LogP contribution in [-0.2, 0) is 57.3 Å². The van der Waals surface area contributed by atoms with Crippen molar-refractivity contribution in [3.05, 3.63) is 93.2 Å². The van der Waals surface area contributed by atoms with Gasteiger partial charge in [-0.15, -0.1) is 0 Å². The zero-order valence-corrected chi connectivity index (χ0v) is 65.7. The van der Waals surface area contributed by atoms with Crippen molar-refractivity contribution in [3.63, 3.8) is 0 Å². The molecule has 0 fully saturated rings. The smallest absolute Gasteiger partial charge is 0.309 e. The van der Waals surface area contributed by atoms with E-state index in [-0.39, 0.29) is 149 Å². The third kappa shape index (κ3) is 37.8. The van der Waals surface area contributed by atoms with Crippen LogP contribution in [0, 0.1) is 23.7 Å². The maximum atomic E-state index is 13.6. The SMILES string of the molecule is CC(C)=CCCC1=CCC(C(=O)OCCN(C)C(=O)CCN(CCCN(C)CCCN(CCC(=O)N(C)CCOC(=O)C2CC=C(CCC=C(C)C)CC2)CCC(=O)N(C)CCOC(=O)C2CC=C(CCC=C(C)C)CC2)CCC(=O)N(C)CCOC(=O)C2CC=C(CCC=C(C)C)CC2)CC1. The van der Waals surface area contributed by atoms with E-state index in [0.717, 1.165) is 129 Å². The highest BCUT2D eigenvalue weighted by molar-refractivity contribution is 5.79. The number of hydrogen-bond acceptors (Lipinski definition) is 15. The van der Waals surface area contributed by atoms with E-state index in [1.807, 2.05) is 0 Å². The van der Waals surface area contributed by atoms with E-state index in [0.29, 0.717) is 65.0 Å². The highest BCUT2D eigenvalue weighted by Gasteiger charge is 2.28. The molecule has 19 nitrogen and oxygen atoms in total. The van der Waals surface area contributed by atoms with Crippen LogP contribution in [0.5, 0.6) is 0 Å². The second-order valence-electron chi connectivity index (χ2n) is 30.2. The fourth-order valence-corrected chi connectivity index (χ4v) is 13.3. The largest absolute Gasteiger partial charge is 0.464 e. The Kier molecular flexibility index (Phi) is 43.2. The van der Waals surface area contributed by atoms with Crippen molar-refractivity contribution in [2.24, 2.45) is 23.7 Å². The molecule has 4 rings (SSSR count). The summed E-state index contributed by atoms with van der Waals surface area (Å²) < 4.78 is 22.8. The summed E-state index contributed by atoms with van der Waals surface area (Å²) in [6.07, 6.45) is 37.6. The molecule has 0 aromatic rings. The highest BCUT2D eigenvalue weighted by atomic mass is 16.5. The summed E-state index contributed by atoms with van der Waals surface area (Å²) in [7, 11) is 8.98. The van der Waals surface area contributed by atoms with Crippen molar-refractivity contribution in [3.8, 4) is 0 Å². The molecule has 0 aromatic carbocycles. The number of carbonyl (C=O) groups is 8. The lowest BCUT2D eigenvalue weighted by atomic mass is 9.88. The van der Waals surface area contributed by atoms with Crippen LogP contribution in [0.25, 0.3) is 0 Å². The minimum absolute atomic E-state index is 0.0823. The minimum atomic E-state index is -0.217. The monoisotopic (exact) mass is 1420 g/mol. The Bertz CT molecular complexity index is 2520. The van der Waals surface area contributed by atoms with E-state index < -0.39 is 0 Å². The van der Waals surface area contributed by atoms with Crippen LogP contribution < -0.4 is 0 Å². The average Bonchev–Trinajstić information content (AvgIpc) is 0.907. The van der Waals surface area contributed by atoms with E-state index in [1.54, 1.807) is 47.8 Å². The number of carbonyl (C=O) groups excluding carboxylic acids is 8. The summed E-state index contributed by atoms with van der Waals surface area (Å²) in [5.41, 5.74) is 10.8. The Morgan fingerprint density at radius 3 is 0.755 bits per heavy atom. The summed E-state index contributed by atoms with van der Waals surface area (Å²) in [6.45, 7) is 22.9. The predicted molar refractivity (Wildman–Crippen MR) is 409 cm³/mol. The molecule has 0 saturated heterocycles. The van der Waals surface area contributed by atoms with Crippen molar-refractivity contribution in [2.45, 2.75) is 222 Å². The van der Waals surface area contributed by atoms with Crippen LogP contribution in [0.15, 0.2) is 93.2 Å². The van der Waals surface area contributed by atoms with Crippen LogP contribution in [0.3, 0.4) is 0 Å². The van der Waals surface area contributed by atoms with E-state index in [1.165, 1.54) is 44.6 Å². The summed E-state index contributed by atoms with van der Waals surface area (Å²) in [6, 6.07) is 0. The van der Waals surface area contributed by atoms with Gasteiger partial charge in [0.25, 0.3) is 0 Å². The Hall–Kier alpha value is -6.44. The van der Waals surface area contributed by atoms with E-state index in [2.05, 4.69) is 126 Å². The van der Waals surface area contributed by atoms with Crippen LogP contribution in [0.2, 0.25) is 0 Å². The molecule has 0 bridgehead atoms. The Balaban J connectivity index is 1.31. The molecule has 102 heavy (non-hydrogen) atoms. The second kappa shape index (κ2) is 50.1. The molecule has 0 spiro atoms. The molecule has 0 heterocycles. The lowest BCUT2D eigenvalue weighted by Crippen LogP contribution is -2.38. The molecule has 4 aliphatic carbocycles. The van der Waals surface area contributed by atoms with Gasteiger partial charge in [-0.1, -0.05) is 93.2 Å². The van der Waals surface area contributed by atoms with Gasteiger partial charge in [0.1, 0.15) is 26.4 Å². The Labute approximate surface area is 615 Å². The minimum Gasteiger partial charge on any atom is -0.464 e. The molecule has 4 aliphatic rings. The molecule has 0 radical (unpaired) electrons. The van der Waals surface area contributed by atoms with Gasteiger partial charge in [-0.25, -0.2) is 0 Å². The first kappa shape index (κ1) is 88.0. The van der Waals surface area contributed by atoms with E-state index >= 15 is 0 Å². The number of rotatable bonds is 48. The van der Waals surface area contributed by atoms with Gasteiger partial charge in [0.2, 0.25) is 23.6 Å². The maximum absolute atomic E-state index is 13.6. The van der Waals surface area contributed by atoms with Crippen LogP contribution in [-0.4, -0.2) is 222 Å². The predicted octanol–water partition coefficient (Wildman–Crippen LogP) is 13.8.